The van der Waals surface area contributed by atoms with Crippen LogP contribution in [-0.4, -0.2) is 23.6 Å². The Morgan fingerprint density at radius 2 is 1.81 bits per heavy atom. The van der Waals surface area contributed by atoms with Crippen molar-refractivity contribution in [1.82, 2.24) is 0 Å². The van der Waals surface area contributed by atoms with Gasteiger partial charge in [0.25, 0.3) is 0 Å². The van der Waals surface area contributed by atoms with Crippen molar-refractivity contribution in [2.75, 3.05) is 0 Å². The lowest BCUT2D eigenvalue weighted by atomic mass is 10.1. The number of hydrogen-bond acceptors (Lipinski definition) is 4. The highest BCUT2D eigenvalue weighted by atomic mass is 16.6. The topological polar surface area (TPSA) is 52.6 Å². The van der Waals surface area contributed by atoms with Crippen molar-refractivity contribution in [2.45, 2.75) is 58.2 Å². The molecule has 0 amide bonds. The zero-order valence-corrected chi connectivity index (χ0v) is 10.1. The molecule has 0 saturated heterocycles. The van der Waals surface area contributed by atoms with E-state index in [9.17, 15) is 9.59 Å². The van der Waals surface area contributed by atoms with E-state index in [0.717, 1.165) is 25.7 Å². The minimum Gasteiger partial charge on any atom is -0.459 e. The van der Waals surface area contributed by atoms with Crippen molar-refractivity contribution in [3.63, 3.8) is 0 Å². The Morgan fingerprint density at radius 3 is 2.31 bits per heavy atom. The Bertz CT molecular complexity index is 264. The maximum atomic E-state index is 11.8. The number of carbonyl (C=O) groups is 2. The van der Waals surface area contributed by atoms with E-state index in [0.29, 0.717) is 0 Å². The molecule has 1 saturated carbocycles. The molecule has 4 nitrogen and oxygen atoms in total. The summed E-state index contributed by atoms with van der Waals surface area (Å²) >= 11 is 0. The molecular formula is C12H19O4. The average Bonchev–Trinajstić information content (AvgIpc) is 2.69. The minimum atomic E-state index is -1.20. The summed E-state index contributed by atoms with van der Waals surface area (Å²) in [5.74, 6) is -0.969. The van der Waals surface area contributed by atoms with Crippen LogP contribution in [0.2, 0.25) is 0 Å². The summed E-state index contributed by atoms with van der Waals surface area (Å²) in [4.78, 5) is 22.8. The molecule has 4 heteroatoms. The van der Waals surface area contributed by atoms with Crippen LogP contribution in [0.3, 0.4) is 0 Å². The molecule has 1 fully saturated rings. The highest BCUT2D eigenvalue weighted by Gasteiger charge is 2.35. The third-order valence-corrected chi connectivity index (χ3v) is 2.66. The van der Waals surface area contributed by atoms with Gasteiger partial charge in [-0.1, -0.05) is 6.92 Å². The molecule has 91 valence electrons. The van der Waals surface area contributed by atoms with Gasteiger partial charge in [-0.3, -0.25) is 4.79 Å². The Kier molecular flexibility index (Phi) is 4.33. The van der Waals surface area contributed by atoms with Gasteiger partial charge in [0.05, 0.1) is 6.42 Å². The van der Waals surface area contributed by atoms with Gasteiger partial charge in [-0.05, 0) is 39.5 Å². The number of rotatable bonds is 4. The molecule has 0 N–H and O–H groups in total. The van der Waals surface area contributed by atoms with E-state index in [4.69, 9.17) is 9.47 Å². The van der Waals surface area contributed by atoms with Gasteiger partial charge < -0.3 is 9.47 Å². The molecule has 0 spiro atoms. The van der Waals surface area contributed by atoms with Crippen molar-refractivity contribution in [2.24, 2.45) is 0 Å². The fourth-order valence-electron chi connectivity index (χ4n) is 1.65. The quantitative estimate of drug-likeness (QED) is 0.689. The lowest BCUT2D eigenvalue weighted by Crippen LogP contribution is -2.40. The summed E-state index contributed by atoms with van der Waals surface area (Å²) in [5.41, 5.74) is -1.20. The SMILES string of the molecule is C[CH]C(=O)OC(C)(C)C(=O)OC1CCCC1. The van der Waals surface area contributed by atoms with Crippen LogP contribution in [-0.2, 0) is 19.1 Å². The summed E-state index contributed by atoms with van der Waals surface area (Å²) in [6.07, 6.45) is 5.30. The molecule has 1 aliphatic carbocycles. The lowest BCUT2D eigenvalue weighted by molar-refractivity contribution is -0.180. The maximum absolute atomic E-state index is 11.8. The van der Waals surface area contributed by atoms with E-state index in [2.05, 4.69) is 0 Å². The molecule has 0 aliphatic heterocycles. The molecule has 0 aromatic heterocycles. The Labute approximate surface area is 96.3 Å². The smallest absolute Gasteiger partial charge is 0.350 e. The number of hydrogen-bond donors (Lipinski definition) is 0. The monoisotopic (exact) mass is 227 g/mol. The predicted octanol–water partition coefficient (Wildman–Crippen LogP) is 2.02. The number of carbonyl (C=O) groups excluding carboxylic acids is 2. The summed E-state index contributed by atoms with van der Waals surface area (Å²) in [7, 11) is 0. The summed E-state index contributed by atoms with van der Waals surface area (Å²) < 4.78 is 10.3. The molecule has 0 bridgehead atoms. The molecule has 0 unspecified atom stereocenters. The minimum absolute atomic E-state index is 0.00363. The molecular weight excluding hydrogens is 208 g/mol. The Hall–Kier alpha value is -1.06. The van der Waals surface area contributed by atoms with Crippen molar-refractivity contribution in [3.8, 4) is 0 Å². The van der Waals surface area contributed by atoms with Crippen LogP contribution in [0.5, 0.6) is 0 Å². The summed E-state index contributed by atoms with van der Waals surface area (Å²) in [6, 6.07) is 0. The van der Waals surface area contributed by atoms with E-state index in [1.807, 2.05) is 0 Å². The van der Waals surface area contributed by atoms with Gasteiger partial charge in [0, 0.05) is 0 Å². The first-order valence-corrected chi connectivity index (χ1v) is 5.69. The number of ether oxygens (including phenoxy) is 2. The van der Waals surface area contributed by atoms with E-state index in [1.54, 1.807) is 20.8 Å². The highest BCUT2D eigenvalue weighted by Crippen LogP contribution is 2.23. The van der Waals surface area contributed by atoms with Gasteiger partial charge in [-0.25, -0.2) is 4.79 Å². The Balaban J connectivity index is 2.46. The molecule has 0 aromatic rings. The van der Waals surface area contributed by atoms with Crippen molar-refractivity contribution in [1.29, 1.82) is 0 Å². The first-order chi connectivity index (χ1) is 7.45. The average molecular weight is 227 g/mol. The summed E-state index contributed by atoms with van der Waals surface area (Å²) in [6.45, 7) is 4.66. The standard InChI is InChI=1S/C12H19O4/c1-4-10(13)16-12(2,3)11(14)15-9-7-5-6-8-9/h4,9H,5-8H2,1-3H3. The van der Waals surface area contributed by atoms with Gasteiger partial charge >= 0.3 is 11.9 Å². The van der Waals surface area contributed by atoms with Gasteiger partial charge in [-0.15, -0.1) is 0 Å². The predicted molar refractivity (Wildman–Crippen MR) is 58.5 cm³/mol. The van der Waals surface area contributed by atoms with E-state index in [1.165, 1.54) is 6.42 Å². The molecule has 0 heterocycles. The van der Waals surface area contributed by atoms with Gasteiger partial charge in [0.1, 0.15) is 6.10 Å². The normalized spacial score (nSPS) is 17.2. The van der Waals surface area contributed by atoms with E-state index < -0.39 is 17.5 Å². The fourth-order valence-corrected chi connectivity index (χ4v) is 1.65. The number of esters is 2. The van der Waals surface area contributed by atoms with Crippen molar-refractivity contribution < 1.29 is 19.1 Å². The Morgan fingerprint density at radius 1 is 1.25 bits per heavy atom. The van der Waals surface area contributed by atoms with E-state index >= 15 is 0 Å². The molecule has 1 radical (unpaired) electrons. The van der Waals surface area contributed by atoms with Crippen LogP contribution in [0.15, 0.2) is 0 Å². The van der Waals surface area contributed by atoms with Gasteiger partial charge in [-0.2, -0.15) is 0 Å². The van der Waals surface area contributed by atoms with E-state index in [-0.39, 0.29) is 6.10 Å². The van der Waals surface area contributed by atoms with Crippen LogP contribution in [0, 0.1) is 6.42 Å². The summed E-state index contributed by atoms with van der Waals surface area (Å²) in [5, 5.41) is 0. The first-order valence-electron chi connectivity index (χ1n) is 5.69. The second-order valence-electron chi connectivity index (χ2n) is 4.53. The highest BCUT2D eigenvalue weighted by molar-refractivity contribution is 5.85. The van der Waals surface area contributed by atoms with Crippen LogP contribution in [0.1, 0.15) is 46.5 Å². The van der Waals surface area contributed by atoms with Crippen LogP contribution < -0.4 is 0 Å². The van der Waals surface area contributed by atoms with Crippen LogP contribution in [0.25, 0.3) is 0 Å². The zero-order valence-electron chi connectivity index (χ0n) is 10.1. The zero-order chi connectivity index (χ0) is 12.2. The molecule has 1 aliphatic rings. The molecule has 0 aromatic carbocycles. The van der Waals surface area contributed by atoms with Gasteiger partial charge in [0.15, 0.2) is 0 Å². The fraction of sp³-hybridized carbons (Fsp3) is 0.750. The second kappa shape index (κ2) is 5.32. The van der Waals surface area contributed by atoms with Crippen molar-refractivity contribution in [3.05, 3.63) is 6.42 Å². The molecule has 1 rings (SSSR count). The van der Waals surface area contributed by atoms with Crippen molar-refractivity contribution >= 4 is 11.9 Å². The van der Waals surface area contributed by atoms with Crippen LogP contribution in [0.4, 0.5) is 0 Å². The molecule has 0 atom stereocenters. The third-order valence-electron chi connectivity index (χ3n) is 2.66. The first kappa shape index (κ1) is 13.0. The largest absolute Gasteiger partial charge is 0.459 e. The third kappa shape index (κ3) is 3.51. The van der Waals surface area contributed by atoms with Gasteiger partial charge in [0.2, 0.25) is 5.60 Å². The maximum Gasteiger partial charge on any atom is 0.350 e. The second-order valence-corrected chi connectivity index (χ2v) is 4.53. The lowest BCUT2D eigenvalue weighted by Gasteiger charge is -2.24. The van der Waals surface area contributed by atoms with Crippen LogP contribution >= 0.6 is 0 Å². The molecule has 16 heavy (non-hydrogen) atoms.